The molecule has 2 aromatic rings. The molecule has 1 unspecified atom stereocenters. The summed E-state index contributed by atoms with van der Waals surface area (Å²) in [5, 5.41) is 0.799. The molecule has 4 nitrogen and oxygen atoms in total. The molecule has 1 atom stereocenters. The lowest BCUT2D eigenvalue weighted by molar-refractivity contribution is 0.402. The Balaban J connectivity index is 2.29. The highest BCUT2D eigenvalue weighted by molar-refractivity contribution is 7.89. The number of methoxy groups -OCH3 is 1. The van der Waals surface area contributed by atoms with E-state index in [9.17, 15) is 8.42 Å². The van der Waals surface area contributed by atoms with Crippen molar-refractivity contribution in [2.45, 2.75) is 17.9 Å². The molecule has 0 aliphatic carbocycles. The fourth-order valence-corrected chi connectivity index (χ4v) is 3.70. The summed E-state index contributed by atoms with van der Waals surface area (Å²) in [7, 11) is -2.30. The van der Waals surface area contributed by atoms with Crippen LogP contribution in [0.1, 0.15) is 18.5 Å². The molecule has 0 heterocycles. The number of ether oxygens (including phenoxy) is 1. The van der Waals surface area contributed by atoms with Crippen LogP contribution in [-0.4, -0.2) is 15.5 Å². The highest BCUT2D eigenvalue weighted by Crippen LogP contribution is 2.28. The second kappa shape index (κ2) is 6.87. The van der Waals surface area contributed by atoms with Gasteiger partial charge in [-0.1, -0.05) is 41.4 Å². The summed E-state index contributed by atoms with van der Waals surface area (Å²) in [5.41, 5.74) is 0.716. The minimum atomic E-state index is -3.72. The molecule has 2 aromatic carbocycles. The van der Waals surface area contributed by atoms with Crippen LogP contribution in [0.25, 0.3) is 0 Å². The van der Waals surface area contributed by atoms with Gasteiger partial charge in [0.15, 0.2) is 0 Å². The molecule has 22 heavy (non-hydrogen) atoms. The zero-order valence-corrected chi connectivity index (χ0v) is 14.3. The van der Waals surface area contributed by atoms with E-state index in [0.717, 1.165) is 0 Å². The Kier molecular flexibility index (Phi) is 5.34. The van der Waals surface area contributed by atoms with Gasteiger partial charge in [-0.2, -0.15) is 0 Å². The largest absolute Gasteiger partial charge is 0.495 e. The molecular weight excluding hydrogens is 345 g/mol. The van der Waals surface area contributed by atoms with E-state index in [1.807, 2.05) is 0 Å². The Bertz CT molecular complexity index is 778. The maximum Gasteiger partial charge on any atom is 0.244 e. The van der Waals surface area contributed by atoms with Gasteiger partial charge >= 0.3 is 0 Å². The van der Waals surface area contributed by atoms with Gasteiger partial charge in [-0.05, 0) is 36.8 Å². The second-order valence-corrected chi connectivity index (χ2v) is 7.16. The van der Waals surface area contributed by atoms with Crippen LogP contribution < -0.4 is 9.46 Å². The number of nitrogens with one attached hydrogen (secondary N) is 1. The van der Waals surface area contributed by atoms with Crippen LogP contribution in [0.4, 0.5) is 0 Å². The van der Waals surface area contributed by atoms with Gasteiger partial charge in [0.25, 0.3) is 0 Å². The molecule has 2 rings (SSSR count). The quantitative estimate of drug-likeness (QED) is 0.876. The molecule has 0 radical (unpaired) electrons. The van der Waals surface area contributed by atoms with E-state index in [-0.39, 0.29) is 10.6 Å². The molecule has 0 aliphatic heterocycles. The third kappa shape index (κ3) is 3.73. The number of sulfonamides is 1. The minimum Gasteiger partial charge on any atom is -0.495 e. The standard InChI is InChI=1S/C15H15Cl2NO3S/c1-10(11-7-8-12(16)13(17)9-11)18-22(19,20)15-6-4-3-5-14(15)21-2/h3-10,18H,1-2H3. The molecule has 0 fully saturated rings. The number of halogens is 2. The molecule has 0 amide bonds. The Morgan fingerprint density at radius 3 is 2.41 bits per heavy atom. The van der Waals surface area contributed by atoms with Gasteiger partial charge in [-0.3, -0.25) is 0 Å². The van der Waals surface area contributed by atoms with Gasteiger partial charge in [0.05, 0.1) is 17.2 Å². The first kappa shape index (κ1) is 17.1. The van der Waals surface area contributed by atoms with Gasteiger partial charge < -0.3 is 4.74 Å². The van der Waals surface area contributed by atoms with Gasteiger partial charge in [-0.15, -0.1) is 0 Å². The van der Waals surface area contributed by atoms with Crippen molar-refractivity contribution >= 4 is 33.2 Å². The Hall–Kier alpha value is -1.27. The molecule has 7 heteroatoms. The van der Waals surface area contributed by atoms with Gasteiger partial charge in [0.1, 0.15) is 10.6 Å². The fourth-order valence-electron chi connectivity index (χ4n) is 1.99. The molecular formula is C15H15Cl2NO3S. The average Bonchev–Trinajstić information content (AvgIpc) is 2.49. The van der Waals surface area contributed by atoms with Crippen molar-refractivity contribution in [1.29, 1.82) is 0 Å². The number of rotatable bonds is 5. The van der Waals surface area contributed by atoms with E-state index in [1.54, 1.807) is 43.3 Å². The number of benzene rings is 2. The first-order valence-corrected chi connectivity index (χ1v) is 8.69. The fraction of sp³-hybridized carbons (Fsp3) is 0.200. The lowest BCUT2D eigenvalue weighted by atomic mass is 10.1. The van der Waals surface area contributed by atoms with Gasteiger partial charge in [-0.25, -0.2) is 13.1 Å². The van der Waals surface area contributed by atoms with E-state index in [0.29, 0.717) is 15.6 Å². The van der Waals surface area contributed by atoms with E-state index in [2.05, 4.69) is 4.72 Å². The summed E-state index contributed by atoms with van der Waals surface area (Å²) in [6, 6.07) is 11.0. The van der Waals surface area contributed by atoms with E-state index < -0.39 is 16.1 Å². The Morgan fingerprint density at radius 1 is 1.09 bits per heavy atom. The number of hydrogen-bond donors (Lipinski definition) is 1. The van der Waals surface area contributed by atoms with Crippen molar-refractivity contribution in [2.75, 3.05) is 7.11 Å². The molecule has 1 N–H and O–H groups in total. The first-order chi connectivity index (χ1) is 10.3. The number of hydrogen-bond acceptors (Lipinski definition) is 3. The SMILES string of the molecule is COc1ccccc1S(=O)(=O)NC(C)c1ccc(Cl)c(Cl)c1. The maximum atomic E-state index is 12.5. The average molecular weight is 360 g/mol. The van der Waals surface area contributed by atoms with E-state index in [4.69, 9.17) is 27.9 Å². The van der Waals surface area contributed by atoms with Gasteiger partial charge in [0.2, 0.25) is 10.0 Å². The summed E-state index contributed by atoms with van der Waals surface area (Å²) in [6.07, 6.45) is 0. The van der Waals surface area contributed by atoms with Gasteiger partial charge in [0, 0.05) is 6.04 Å². The van der Waals surface area contributed by atoms with Crippen LogP contribution in [0.15, 0.2) is 47.4 Å². The second-order valence-electron chi connectivity index (χ2n) is 4.67. The van der Waals surface area contributed by atoms with Crippen LogP contribution in [0, 0.1) is 0 Å². The molecule has 0 saturated heterocycles. The third-order valence-electron chi connectivity index (χ3n) is 3.13. The van der Waals surface area contributed by atoms with Crippen LogP contribution >= 0.6 is 23.2 Å². The third-order valence-corrected chi connectivity index (χ3v) is 5.45. The zero-order chi connectivity index (χ0) is 16.3. The highest BCUT2D eigenvalue weighted by Gasteiger charge is 2.22. The summed E-state index contributed by atoms with van der Waals surface area (Å²) in [4.78, 5) is 0.0874. The molecule has 118 valence electrons. The maximum absolute atomic E-state index is 12.5. The van der Waals surface area contributed by atoms with Crippen LogP contribution in [0.2, 0.25) is 10.0 Å². The van der Waals surface area contributed by atoms with Crippen LogP contribution in [-0.2, 0) is 10.0 Å². The highest BCUT2D eigenvalue weighted by atomic mass is 35.5. The summed E-state index contributed by atoms with van der Waals surface area (Å²) in [5.74, 6) is 0.288. The lowest BCUT2D eigenvalue weighted by Crippen LogP contribution is -2.27. The van der Waals surface area contributed by atoms with Crippen molar-refractivity contribution < 1.29 is 13.2 Å². The van der Waals surface area contributed by atoms with Crippen molar-refractivity contribution in [3.05, 3.63) is 58.1 Å². The van der Waals surface area contributed by atoms with E-state index >= 15 is 0 Å². The van der Waals surface area contributed by atoms with Crippen molar-refractivity contribution in [3.8, 4) is 5.75 Å². The Morgan fingerprint density at radius 2 is 1.77 bits per heavy atom. The Labute approximate surface area is 140 Å². The summed E-state index contributed by atoms with van der Waals surface area (Å²) >= 11 is 11.8. The topological polar surface area (TPSA) is 55.4 Å². The molecule has 0 bridgehead atoms. The predicted octanol–water partition coefficient (Wildman–Crippen LogP) is 4.04. The first-order valence-electron chi connectivity index (χ1n) is 6.45. The molecule has 0 spiro atoms. The lowest BCUT2D eigenvalue weighted by Gasteiger charge is -2.16. The van der Waals surface area contributed by atoms with Crippen molar-refractivity contribution in [1.82, 2.24) is 4.72 Å². The monoisotopic (exact) mass is 359 g/mol. The zero-order valence-electron chi connectivity index (χ0n) is 12.0. The smallest absolute Gasteiger partial charge is 0.244 e. The summed E-state index contributed by atoms with van der Waals surface area (Å²) in [6.45, 7) is 1.73. The van der Waals surface area contributed by atoms with Crippen molar-refractivity contribution in [2.24, 2.45) is 0 Å². The van der Waals surface area contributed by atoms with Crippen LogP contribution in [0.5, 0.6) is 5.75 Å². The van der Waals surface area contributed by atoms with Crippen LogP contribution in [0.3, 0.4) is 0 Å². The number of para-hydroxylation sites is 1. The van der Waals surface area contributed by atoms with E-state index in [1.165, 1.54) is 13.2 Å². The van der Waals surface area contributed by atoms with Crippen molar-refractivity contribution in [3.63, 3.8) is 0 Å². The normalized spacial score (nSPS) is 12.9. The minimum absolute atomic E-state index is 0.0874. The molecule has 0 aromatic heterocycles. The molecule has 0 aliphatic rings. The summed E-state index contributed by atoms with van der Waals surface area (Å²) < 4.78 is 32.7. The molecule has 0 saturated carbocycles. The predicted molar refractivity (Wildman–Crippen MR) is 88.2 cm³/mol.